The molecule has 2 N–H and O–H groups in total. The first kappa shape index (κ1) is 11.9. The van der Waals surface area contributed by atoms with E-state index >= 15 is 0 Å². The fraction of sp³-hybridized carbons (Fsp3) is 0.462. The van der Waals surface area contributed by atoms with Crippen LogP contribution in [0.4, 0.5) is 5.69 Å². The number of nitrogen functional groups attached to an aromatic ring is 1. The standard InChI is InChI=1S/C13H19N3O/c1-13(2,17-3)6-7-16-12-8-11(14)5-4-10(12)9-15-16/h4-5,8-9H,6-7,14H2,1-3H3. The average molecular weight is 233 g/mol. The molecule has 0 amide bonds. The van der Waals surface area contributed by atoms with Gasteiger partial charge in [0.1, 0.15) is 0 Å². The highest BCUT2D eigenvalue weighted by Crippen LogP contribution is 2.19. The van der Waals surface area contributed by atoms with Gasteiger partial charge < -0.3 is 10.5 Å². The summed E-state index contributed by atoms with van der Waals surface area (Å²) in [6.45, 7) is 4.98. The zero-order valence-corrected chi connectivity index (χ0v) is 10.6. The summed E-state index contributed by atoms with van der Waals surface area (Å²) < 4.78 is 7.38. The van der Waals surface area contributed by atoms with Crippen molar-refractivity contribution in [3.63, 3.8) is 0 Å². The third kappa shape index (κ3) is 2.58. The highest BCUT2D eigenvalue weighted by atomic mass is 16.5. The van der Waals surface area contributed by atoms with Crippen LogP contribution < -0.4 is 5.73 Å². The number of nitrogens with two attached hydrogens (primary N) is 1. The van der Waals surface area contributed by atoms with Gasteiger partial charge in [-0.05, 0) is 38.5 Å². The average Bonchev–Trinajstić information content (AvgIpc) is 2.69. The molecule has 0 atom stereocenters. The van der Waals surface area contributed by atoms with E-state index < -0.39 is 0 Å². The molecule has 1 aromatic heterocycles. The Labute approximate surface area is 101 Å². The fourth-order valence-electron chi connectivity index (χ4n) is 1.74. The number of methoxy groups -OCH3 is 1. The summed E-state index contributed by atoms with van der Waals surface area (Å²) in [5.41, 5.74) is 7.52. The molecule has 0 fully saturated rings. The number of nitrogens with zero attached hydrogens (tertiary/aromatic N) is 2. The van der Waals surface area contributed by atoms with Gasteiger partial charge in [-0.15, -0.1) is 0 Å². The topological polar surface area (TPSA) is 53.1 Å². The maximum absolute atomic E-state index is 5.79. The maximum Gasteiger partial charge on any atom is 0.0702 e. The molecule has 0 spiro atoms. The van der Waals surface area contributed by atoms with Crippen LogP contribution in [0, 0.1) is 0 Å². The first-order valence-electron chi connectivity index (χ1n) is 5.78. The van der Waals surface area contributed by atoms with Crippen molar-refractivity contribution in [2.75, 3.05) is 12.8 Å². The highest BCUT2D eigenvalue weighted by Gasteiger charge is 2.16. The zero-order chi connectivity index (χ0) is 12.5. The Morgan fingerprint density at radius 1 is 1.41 bits per heavy atom. The van der Waals surface area contributed by atoms with Gasteiger partial charge in [0.25, 0.3) is 0 Å². The molecular weight excluding hydrogens is 214 g/mol. The van der Waals surface area contributed by atoms with Crippen molar-refractivity contribution in [1.82, 2.24) is 9.78 Å². The van der Waals surface area contributed by atoms with E-state index in [-0.39, 0.29) is 5.60 Å². The minimum atomic E-state index is -0.126. The number of hydrogen-bond donors (Lipinski definition) is 1. The summed E-state index contributed by atoms with van der Waals surface area (Å²) in [4.78, 5) is 0. The van der Waals surface area contributed by atoms with Crippen molar-refractivity contribution >= 4 is 16.6 Å². The van der Waals surface area contributed by atoms with E-state index in [4.69, 9.17) is 10.5 Å². The van der Waals surface area contributed by atoms with Gasteiger partial charge in [-0.1, -0.05) is 0 Å². The molecule has 0 unspecified atom stereocenters. The molecule has 17 heavy (non-hydrogen) atoms. The SMILES string of the molecule is COC(C)(C)CCn1ncc2ccc(N)cc21. The maximum atomic E-state index is 5.79. The highest BCUT2D eigenvalue weighted by molar-refractivity contribution is 5.81. The van der Waals surface area contributed by atoms with Crippen molar-refractivity contribution in [2.45, 2.75) is 32.4 Å². The quantitative estimate of drug-likeness (QED) is 0.825. The number of rotatable bonds is 4. The van der Waals surface area contributed by atoms with Crippen LogP contribution in [0.5, 0.6) is 0 Å². The molecule has 0 saturated carbocycles. The van der Waals surface area contributed by atoms with Gasteiger partial charge in [0.2, 0.25) is 0 Å². The van der Waals surface area contributed by atoms with Crippen LogP contribution in [0.1, 0.15) is 20.3 Å². The van der Waals surface area contributed by atoms with Gasteiger partial charge in [0, 0.05) is 24.7 Å². The molecule has 92 valence electrons. The largest absolute Gasteiger partial charge is 0.399 e. The van der Waals surface area contributed by atoms with Crippen LogP contribution in [-0.4, -0.2) is 22.5 Å². The van der Waals surface area contributed by atoms with Gasteiger partial charge in [-0.2, -0.15) is 5.10 Å². The van der Waals surface area contributed by atoms with Crippen LogP contribution in [-0.2, 0) is 11.3 Å². The molecule has 2 rings (SSSR count). The summed E-state index contributed by atoms with van der Waals surface area (Å²) in [5.74, 6) is 0. The minimum Gasteiger partial charge on any atom is -0.399 e. The van der Waals surface area contributed by atoms with Gasteiger partial charge >= 0.3 is 0 Å². The Balaban J connectivity index is 2.22. The third-order valence-electron chi connectivity index (χ3n) is 3.15. The van der Waals surface area contributed by atoms with Crippen molar-refractivity contribution in [3.8, 4) is 0 Å². The van der Waals surface area contributed by atoms with Crippen LogP contribution in [0.15, 0.2) is 24.4 Å². The van der Waals surface area contributed by atoms with E-state index in [2.05, 4.69) is 18.9 Å². The van der Waals surface area contributed by atoms with Crippen molar-refractivity contribution in [2.24, 2.45) is 0 Å². The second-order valence-electron chi connectivity index (χ2n) is 4.90. The van der Waals surface area contributed by atoms with E-state index in [1.54, 1.807) is 7.11 Å². The number of hydrogen-bond acceptors (Lipinski definition) is 3. The van der Waals surface area contributed by atoms with Crippen LogP contribution in [0.2, 0.25) is 0 Å². The minimum absolute atomic E-state index is 0.126. The van der Waals surface area contributed by atoms with Crippen molar-refractivity contribution < 1.29 is 4.74 Å². The zero-order valence-electron chi connectivity index (χ0n) is 10.6. The summed E-state index contributed by atoms with van der Waals surface area (Å²) in [7, 11) is 1.74. The molecule has 4 nitrogen and oxygen atoms in total. The molecule has 1 heterocycles. The lowest BCUT2D eigenvalue weighted by molar-refractivity contribution is 0.0116. The molecule has 0 aliphatic heterocycles. The second kappa shape index (κ2) is 4.37. The molecule has 4 heteroatoms. The van der Waals surface area contributed by atoms with E-state index in [1.807, 2.05) is 29.1 Å². The number of benzene rings is 1. The fourth-order valence-corrected chi connectivity index (χ4v) is 1.74. The second-order valence-corrected chi connectivity index (χ2v) is 4.90. The molecule has 1 aromatic carbocycles. The normalized spacial score (nSPS) is 12.2. The molecule has 0 aliphatic carbocycles. The smallest absolute Gasteiger partial charge is 0.0702 e. The number of anilines is 1. The predicted octanol–water partition coefficient (Wildman–Crippen LogP) is 2.43. The van der Waals surface area contributed by atoms with Gasteiger partial charge in [0.05, 0.1) is 17.3 Å². The Kier molecular flexibility index (Phi) is 3.07. The Hall–Kier alpha value is -1.55. The number of fused-ring (bicyclic) bond motifs is 1. The number of aryl methyl sites for hydroxylation is 1. The number of aromatic nitrogens is 2. The van der Waals surface area contributed by atoms with Crippen LogP contribution in [0.25, 0.3) is 10.9 Å². The lowest BCUT2D eigenvalue weighted by atomic mass is 10.1. The molecule has 0 saturated heterocycles. The predicted molar refractivity (Wildman–Crippen MR) is 69.9 cm³/mol. The van der Waals surface area contributed by atoms with Gasteiger partial charge in [0.15, 0.2) is 0 Å². The number of ether oxygens (including phenoxy) is 1. The van der Waals surface area contributed by atoms with Crippen LogP contribution >= 0.6 is 0 Å². The first-order valence-corrected chi connectivity index (χ1v) is 5.78. The summed E-state index contributed by atoms with van der Waals surface area (Å²) >= 11 is 0. The Morgan fingerprint density at radius 3 is 2.88 bits per heavy atom. The summed E-state index contributed by atoms with van der Waals surface area (Å²) in [5, 5.41) is 5.50. The summed E-state index contributed by atoms with van der Waals surface area (Å²) in [6.07, 6.45) is 2.78. The van der Waals surface area contributed by atoms with E-state index in [9.17, 15) is 0 Å². The third-order valence-corrected chi connectivity index (χ3v) is 3.15. The lowest BCUT2D eigenvalue weighted by Crippen LogP contribution is -2.24. The Morgan fingerprint density at radius 2 is 2.18 bits per heavy atom. The molecule has 0 bridgehead atoms. The van der Waals surface area contributed by atoms with Crippen molar-refractivity contribution in [3.05, 3.63) is 24.4 Å². The monoisotopic (exact) mass is 233 g/mol. The summed E-state index contributed by atoms with van der Waals surface area (Å²) in [6, 6.07) is 5.85. The van der Waals surface area contributed by atoms with E-state index in [0.29, 0.717) is 0 Å². The molecule has 2 aromatic rings. The lowest BCUT2D eigenvalue weighted by Gasteiger charge is -2.22. The van der Waals surface area contributed by atoms with Gasteiger partial charge in [-0.3, -0.25) is 4.68 Å². The first-order chi connectivity index (χ1) is 8.02. The van der Waals surface area contributed by atoms with Gasteiger partial charge in [-0.25, -0.2) is 0 Å². The molecular formula is C13H19N3O. The van der Waals surface area contributed by atoms with E-state index in [1.165, 1.54) is 0 Å². The van der Waals surface area contributed by atoms with Crippen LogP contribution in [0.3, 0.4) is 0 Å². The van der Waals surface area contributed by atoms with E-state index in [0.717, 1.165) is 29.6 Å². The Bertz CT molecular complexity index is 516. The molecule has 0 aliphatic rings. The molecule has 0 radical (unpaired) electrons. The van der Waals surface area contributed by atoms with Crippen molar-refractivity contribution in [1.29, 1.82) is 0 Å².